The van der Waals surface area contributed by atoms with E-state index >= 15 is 0 Å². The molecule has 6 heteroatoms. The monoisotopic (exact) mass is 288 g/mol. The van der Waals surface area contributed by atoms with E-state index < -0.39 is 12.1 Å². The number of benzene rings is 1. The largest absolute Gasteiger partial charge is 0.471 e. The third-order valence-electron chi connectivity index (χ3n) is 2.71. The van der Waals surface area contributed by atoms with Crippen LogP contribution in [-0.4, -0.2) is 25.2 Å². The maximum Gasteiger partial charge on any atom is 0.471 e. The Morgan fingerprint density at radius 3 is 2.30 bits per heavy atom. The number of hydrogen-bond donors (Lipinski definition) is 1. The highest BCUT2D eigenvalue weighted by molar-refractivity contribution is 5.95. The average molecular weight is 288 g/mol. The highest BCUT2D eigenvalue weighted by Gasteiger charge is 2.38. The molecule has 112 valence electrons. The van der Waals surface area contributed by atoms with Crippen molar-refractivity contribution >= 4 is 17.3 Å². The smallest absolute Gasteiger partial charge is 0.371 e. The predicted octanol–water partition coefficient (Wildman–Crippen LogP) is 3.81. The first kappa shape index (κ1) is 16.3. The van der Waals surface area contributed by atoms with Gasteiger partial charge >= 0.3 is 12.1 Å². The van der Waals surface area contributed by atoms with Crippen molar-refractivity contribution in [1.82, 2.24) is 0 Å². The van der Waals surface area contributed by atoms with E-state index in [1.54, 1.807) is 12.1 Å². The Hall–Kier alpha value is -1.72. The molecule has 0 aromatic heterocycles. The molecule has 1 amide bonds. The van der Waals surface area contributed by atoms with E-state index in [2.05, 4.69) is 4.90 Å². The SMILES string of the molecule is CCCN(CCC)c1cccc(NC(=O)C(F)(F)F)c1. The summed E-state index contributed by atoms with van der Waals surface area (Å²) in [6.45, 7) is 5.73. The van der Waals surface area contributed by atoms with Gasteiger partial charge in [-0.2, -0.15) is 13.2 Å². The maximum absolute atomic E-state index is 12.2. The van der Waals surface area contributed by atoms with Crippen LogP contribution in [0.25, 0.3) is 0 Å². The summed E-state index contributed by atoms with van der Waals surface area (Å²) in [5, 5.41) is 1.87. The van der Waals surface area contributed by atoms with E-state index in [0.717, 1.165) is 31.6 Å². The number of rotatable bonds is 6. The predicted molar refractivity (Wildman–Crippen MR) is 73.9 cm³/mol. The van der Waals surface area contributed by atoms with Crippen LogP contribution in [-0.2, 0) is 4.79 Å². The van der Waals surface area contributed by atoms with Crippen LogP contribution in [0.5, 0.6) is 0 Å². The maximum atomic E-state index is 12.2. The van der Waals surface area contributed by atoms with E-state index in [0.29, 0.717) is 0 Å². The first-order chi connectivity index (χ1) is 9.38. The molecule has 0 spiro atoms. The number of nitrogens with one attached hydrogen (secondary N) is 1. The summed E-state index contributed by atoms with van der Waals surface area (Å²) < 4.78 is 36.6. The Labute approximate surface area is 116 Å². The summed E-state index contributed by atoms with van der Waals surface area (Å²) in [5.74, 6) is -1.95. The van der Waals surface area contributed by atoms with Crippen molar-refractivity contribution in [1.29, 1.82) is 0 Å². The van der Waals surface area contributed by atoms with Gasteiger partial charge in [-0.25, -0.2) is 0 Å². The average Bonchev–Trinajstić information content (AvgIpc) is 2.37. The molecule has 1 aromatic carbocycles. The summed E-state index contributed by atoms with van der Waals surface area (Å²) in [5.41, 5.74) is 0.968. The fourth-order valence-electron chi connectivity index (χ4n) is 1.89. The second kappa shape index (κ2) is 7.17. The minimum atomic E-state index is -4.87. The Morgan fingerprint density at radius 2 is 1.80 bits per heavy atom. The quantitative estimate of drug-likeness (QED) is 0.863. The molecule has 0 saturated carbocycles. The fraction of sp³-hybridized carbons (Fsp3) is 0.500. The van der Waals surface area contributed by atoms with Crippen molar-refractivity contribution < 1.29 is 18.0 Å². The standard InChI is InChI=1S/C14H19F3N2O/c1-3-8-19(9-4-2)12-7-5-6-11(10-12)18-13(20)14(15,16)17/h5-7,10H,3-4,8-9H2,1-2H3,(H,18,20). The minimum Gasteiger partial charge on any atom is -0.371 e. The molecule has 3 nitrogen and oxygen atoms in total. The molecule has 0 bridgehead atoms. The van der Waals surface area contributed by atoms with Gasteiger partial charge in [0.1, 0.15) is 0 Å². The summed E-state index contributed by atoms with van der Waals surface area (Å²) >= 11 is 0. The van der Waals surface area contributed by atoms with Crippen LogP contribution in [0.1, 0.15) is 26.7 Å². The van der Waals surface area contributed by atoms with Gasteiger partial charge in [0.25, 0.3) is 0 Å². The topological polar surface area (TPSA) is 32.3 Å². The lowest BCUT2D eigenvalue weighted by Gasteiger charge is -2.24. The molecule has 1 N–H and O–H groups in total. The summed E-state index contributed by atoms with van der Waals surface area (Å²) in [7, 11) is 0. The first-order valence-corrected chi connectivity index (χ1v) is 6.61. The molecule has 0 aliphatic heterocycles. The van der Waals surface area contributed by atoms with Gasteiger partial charge in [-0.1, -0.05) is 19.9 Å². The first-order valence-electron chi connectivity index (χ1n) is 6.61. The van der Waals surface area contributed by atoms with Gasteiger partial charge < -0.3 is 10.2 Å². The molecule has 0 aliphatic rings. The molecule has 0 saturated heterocycles. The van der Waals surface area contributed by atoms with Crippen molar-refractivity contribution in [3.63, 3.8) is 0 Å². The Bertz CT molecular complexity index is 440. The minimum absolute atomic E-state index is 0.155. The molecule has 0 fully saturated rings. The molecule has 0 unspecified atom stereocenters. The van der Waals surface area contributed by atoms with Crippen LogP contribution in [0.2, 0.25) is 0 Å². The Morgan fingerprint density at radius 1 is 1.20 bits per heavy atom. The van der Waals surface area contributed by atoms with E-state index in [1.807, 2.05) is 25.2 Å². The van der Waals surface area contributed by atoms with Crippen LogP contribution >= 0.6 is 0 Å². The molecular weight excluding hydrogens is 269 g/mol. The van der Waals surface area contributed by atoms with E-state index in [-0.39, 0.29) is 5.69 Å². The van der Waals surface area contributed by atoms with Gasteiger partial charge in [0.05, 0.1) is 0 Å². The number of hydrogen-bond acceptors (Lipinski definition) is 2. The number of nitrogens with zero attached hydrogens (tertiary/aromatic N) is 1. The van der Waals surface area contributed by atoms with E-state index in [9.17, 15) is 18.0 Å². The lowest BCUT2D eigenvalue weighted by molar-refractivity contribution is -0.167. The summed E-state index contributed by atoms with van der Waals surface area (Å²) in [4.78, 5) is 13.0. The molecule has 1 aromatic rings. The highest BCUT2D eigenvalue weighted by atomic mass is 19.4. The van der Waals surface area contributed by atoms with E-state index in [4.69, 9.17) is 0 Å². The van der Waals surface area contributed by atoms with Crippen molar-refractivity contribution in [3.05, 3.63) is 24.3 Å². The van der Waals surface area contributed by atoms with Crippen LogP contribution in [0, 0.1) is 0 Å². The number of carbonyl (C=O) groups is 1. The number of anilines is 2. The molecule has 20 heavy (non-hydrogen) atoms. The Kier molecular flexibility index (Phi) is 5.85. The van der Waals surface area contributed by atoms with Gasteiger partial charge in [0.2, 0.25) is 0 Å². The lowest BCUT2D eigenvalue weighted by Crippen LogP contribution is -2.30. The Balaban J connectivity index is 2.86. The number of amides is 1. The number of carbonyl (C=O) groups excluding carboxylic acids is 1. The highest BCUT2D eigenvalue weighted by Crippen LogP contribution is 2.23. The molecule has 0 radical (unpaired) electrons. The van der Waals surface area contributed by atoms with Gasteiger partial charge in [0.15, 0.2) is 0 Å². The second-order valence-electron chi connectivity index (χ2n) is 4.49. The van der Waals surface area contributed by atoms with Crippen molar-refractivity contribution in [3.8, 4) is 0 Å². The zero-order valence-corrected chi connectivity index (χ0v) is 11.6. The molecular formula is C14H19F3N2O. The van der Waals surface area contributed by atoms with Crippen LogP contribution < -0.4 is 10.2 Å². The van der Waals surface area contributed by atoms with E-state index in [1.165, 1.54) is 6.07 Å². The number of halogens is 3. The molecule has 1 rings (SSSR count). The zero-order valence-electron chi connectivity index (χ0n) is 11.6. The fourth-order valence-corrected chi connectivity index (χ4v) is 1.89. The van der Waals surface area contributed by atoms with Gasteiger partial charge in [-0.15, -0.1) is 0 Å². The van der Waals surface area contributed by atoms with Crippen molar-refractivity contribution in [2.75, 3.05) is 23.3 Å². The molecule has 0 atom stereocenters. The second-order valence-corrected chi connectivity index (χ2v) is 4.49. The van der Waals surface area contributed by atoms with Crippen LogP contribution in [0.4, 0.5) is 24.5 Å². The van der Waals surface area contributed by atoms with Gasteiger partial charge in [-0.05, 0) is 31.0 Å². The summed E-state index contributed by atoms with van der Waals surface area (Å²) in [6.07, 6.45) is -2.99. The zero-order chi connectivity index (χ0) is 15.2. The van der Waals surface area contributed by atoms with Crippen molar-refractivity contribution in [2.45, 2.75) is 32.9 Å². The van der Waals surface area contributed by atoms with Crippen LogP contribution in [0.3, 0.4) is 0 Å². The normalized spacial score (nSPS) is 11.2. The van der Waals surface area contributed by atoms with Gasteiger partial charge in [-0.3, -0.25) is 4.79 Å². The summed E-state index contributed by atoms with van der Waals surface area (Å²) in [6, 6.07) is 6.48. The van der Waals surface area contributed by atoms with Crippen LogP contribution in [0.15, 0.2) is 24.3 Å². The molecule has 0 heterocycles. The molecule has 0 aliphatic carbocycles. The third kappa shape index (κ3) is 4.75. The van der Waals surface area contributed by atoms with Crippen molar-refractivity contribution in [2.24, 2.45) is 0 Å². The lowest BCUT2D eigenvalue weighted by atomic mass is 10.2. The van der Waals surface area contributed by atoms with Gasteiger partial charge in [0, 0.05) is 24.5 Å². The number of alkyl halides is 3. The third-order valence-corrected chi connectivity index (χ3v) is 2.71.